The number of nitro groups is 1. The molecule has 4 rings (SSSR count). The van der Waals surface area contributed by atoms with Crippen LogP contribution in [-0.2, 0) is 6.42 Å². The smallest absolute Gasteiger partial charge is 0.269 e. The van der Waals surface area contributed by atoms with Crippen LogP contribution in [0.4, 0.5) is 17.3 Å². The first-order valence-corrected chi connectivity index (χ1v) is 9.59. The fraction of sp³-hybridized carbons (Fsp3) is 0.190. The zero-order chi connectivity index (χ0) is 20.9. The topological polar surface area (TPSA) is 122 Å². The number of fused-ring (bicyclic) bond motifs is 1. The van der Waals surface area contributed by atoms with Gasteiger partial charge in [0.05, 0.1) is 4.92 Å². The number of aromatic nitrogens is 4. The molecule has 0 unspecified atom stereocenters. The van der Waals surface area contributed by atoms with E-state index in [-0.39, 0.29) is 16.7 Å². The summed E-state index contributed by atoms with van der Waals surface area (Å²) in [4.78, 5) is 19.2. The Morgan fingerprint density at radius 1 is 1.10 bits per heavy atom. The van der Waals surface area contributed by atoms with Crippen LogP contribution in [0.15, 0.2) is 60.9 Å². The van der Waals surface area contributed by atoms with Gasteiger partial charge in [0, 0.05) is 24.7 Å². The van der Waals surface area contributed by atoms with Crippen LogP contribution in [0.25, 0.3) is 11.0 Å². The number of H-pyrrole nitrogens is 1. The molecule has 30 heavy (non-hydrogen) atoms. The summed E-state index contributed by atoms with van der Waals surface area (Å²) in [6.45, 7) is 2.63. The summed E-state index contributed by atoms with van der Waals surface area (Å²) in [5.41, 5.74) is 2.75. The second-order valence-corrected chi connectivity index (χ2v) is 6.90. The molecule has 2 heterocycles. The van der Waals surface area contributed by atoms with Gasteiger partial charge in [-0.2, -0.15) is 5.10 Å². The van der Waals surface area contributed by atoms with Gasteiger partial charge in [-0.1, -0.05) is 42.5 Å². The Bertz CT molecular complexity index is 1160. The van der Waals surface area contributed by atoms with Gasteiger partial charge in [0.15, 0.2) is 11.5 Å². The van der Waals surface area contributed by atoms with Crippen molar-refractivity contribution in [2.24, 2.45) is 0 Å². The zero-order valence-corrected chi connectivity index (χ0v) is 16.4. The molecule has 0 saturated heterocycles. The molecule has 0 fully saturated rings. The lowest BCUT2D eigenvalue weighted by molar-refractivity contribution is -0.384. The van der Waals surface area contributed by atoms with Gasteiger partial charge >= 0.3 is 0 Å². The number of hydrogen-bond donors (Lipinski definition) is 3. The molecule has 0 aliphatic heterocycles. The standard InChI is InChI=1S/C21H21N7O2/c1-14(16-7-3-2-4-8-16)25-19-18-20(26-27-21(18)24-13-23-19)22-11-10-15-6-5-9-17(12-15)28(29)30/h2-9,12-14H,10-11H2,1H3,(H3,22,23,24,25,26,27)/t14-/m0/s1. The van der Waals surface area contributed by atoms with Crippen molar-refractivity contribution in [2.45, 2.75) is 19.4 Å². The highest BCUT2D eigenvalue weighted by molar-refractivity contribution is 5.96. The molecule has 4 aromatic rings. The van der Waals surface area contributed by atoms with Crippen LogP contribution in [0.1, 0.15) is 24.1 Å². The van der Waals surface area contributed by atoms with E-state index in [4.69, 9.17) is 0 Å². The van der Waals surface area contributed by atoms with Crippen LogP contribution in [-0.4, -0.2) is 31.6 Å². The second kappa shape index (κ2) is 8.56. The fourth-order valence-corrected chi connectivity index (χ4v) is 3.28. The van der Waals surface area contributed by atoms with Crippen LogP contribution in [0.5, 0.6) is 0 Å². The number of nitro benzene ring substituents is 1. The van der Waals surface area contributed by atoms with Crippen molar-refractivity contribution in [1.82, 2.24) is 20.2 Å². The first kappa shape index (κ1) is 19.3. The average molecular weight is 403 g/mol. The third-order valence-electron chi connectivity index (χ3n) is 4.84. The van der Waals surface area contributed by atoms with E-state index < -0.39 is 0 Å². The molecule has 3 N–H and O–H groups in total. The fourth-order valence-electron chi connectivity index (χ4n) is 3.28. The van der Waals surface area contributed by atoms with Crippen molar-refractivity contribution in [2.75, 3.05) is 17.2 Å². The van der Waals surface area contributed by atoms with Crippen LogP contribution in [0.2, 0.25) is 0 Å². The predicted molar refractivity (Wildman–Crippen MR) is 115 cm³/mol. The molecule has 0 aliphatic carbocycles. The van der Waals surface area contributed by atoms with E-state index in [9.17, 15) is 10.1 Å². The Kier molecular flexibility index (Phi) is 5.51. The second-order valence-electron chi connectivity index (χ2n) is 6.90. The summed E-state index contributed by atoms with van der Waals surface area (Å²) < 4.78 is 0. The Morgan fingerprint density at radius 3 is 2.73 bits per heavy atom. The predicted octanol–water partition coefficient (Wildman–Crippen LogP) is 4.09. The SMILES string of the molecule is C[C@H](Nc1ncnc2[nH]nc(NCCc3cccc([N+](=O)[O-])c3)c12)c1ccccc1. The molecule has 0 spiro atoms. The van der Waals surface area contributed by atoms with Crippen molar-refractivity contribution < 1.29 is 4.92 Å². The van der Waals surface area contributed by atoms with Gasteiger partial charge in [0.25, 0.3) is 5.69 Å². The quantitative estimate of drug-likeness (QED) is 0.299. The molecule has 2 aromatic heterocycles. The number of nitrogens with zero attached hydrogens (tertiary/aromatic N) is 4. The number of aromatic amines is 1. The van der Waals surface area contributed by atoms with Crippen molar-refractivity contribution in [3.63, 3.8) is 0 Å². The molecular weight excluding hydrogens is 382 g/mol. The maximum Gasteiger partial charge on any atom is 0.269 e. The van der Waals surface area contributed by atoms with Gasteiger partial charge in [-0.05, 0) is 24.5 Å². The Morgan fingerprint density at radius 2 is 1.93 bits per heavy atom. The lowest BCUT2D eigenvalue weighted by Crippen LogP contribution is -2.10. The molecule has 1 atom stereocenters. The summed E-state index contributed by atoms with van der Waals surface area (Å²) in [5.74, 6) is 1.32. The molecule has 9 nitrogen and oxygen atoms in total. The largest absolute Gasteiger partial charge is 0.368 e. The van der Waals surface area contributed by atoms with E-state index in [0.29, 0.717) is 30.2 Å². The molecule has 2 aromatic carbocycles. The summed E-state index contributed by atoms with van der Waals surface area (Å²) in [6.07, 6.45) is 2.11. The maximum atomic E-state index is 10.9. The van der Waals surface area contributed by atoms with E-state index in [0.717, 1.165) is 16.5 Å². The van der Waals surface area contributed by atoms with E-state index >= 15 is 0 Å². The van der Waals surface area contributed by atoms with Gasteiger partial charge in [0.2, 0.25) is 0 Å². The summed E-state index contributed by atoms with van der Waals surface area (Å²) >= 11 is 0. The van der Waals surface area contributed by atoms with Crippen molar-refractivity contribution in [3.05, 3.63) is 82.2 Å². The third kappa shape index (κ3) is 4.19. The first-order valence-electron chi connectivity index (χ1n) is 9.59. The van der Waals surface area contributed by atoms with E-state index in [1.54, 1.807) is 12.1 Å². The van der Waals surface area contributed by atoms with Crippen LogP contribution in [0.3, 0.4) is 0 Å². The van der Waals surface area contributed by atoms with E-state index in [1.165, 1.54) is 12.4 Å². The van der Waals surface area contributed by atoms with Crippen LogP contribution >= 0.6 is 0 Å². The number of hydrogen-bond acceptors (Lipinski definition) is 7. The van der Waals surface area contributed by atoms with Gasteiger partial charge in [-0.3, -0.25) is 15.2 Å². The van der Waals surface area contributed by atoms with E-state index in [2.05, 4.69) is 49.9 Å². The van der Waals surface area contributed by atoms with Gasteiger partial charge < -0.3 is 10.6 Å². The maximum absolute atomic E-state index is 10.9. The molecule has 0 saturated carbocycles. The highest BCUT2D eigenvalue weighted by Crippen LogP contribution is 2.28. The molecule has 152 valence electrons. The molecule has 9 heteroatoms. The number of anilines is 2. The van der Waals surface area contributed by atoms with Gasteiger partial charge in [-0.25, -0.2) is 9.97 Å². The Labute approximate surface area is 172 Å². The number of nitrogens with one attached hydrogen (secondary N) is 3. The third-order valence-corrected chi connectivity index (χ3v) is 4.84. The Balaban J connectivity index is 1.50. The summed E-state index contributed by atoms with van der Waals surface area (Å²) in [5, 5.41) is 25.7. The zero-order valence-electron chi connectivity index (χ0n) is 16.4. The van der Waals surface area contributed by atoms with Gasteiger partial charge in [-0.15, -0.1) is 0 Å². The molecule has 0 amide bonds. The molecule has 0 aliphatic rings. The van der Waals surface area contributed by atoms with Crippen molar-refractivity contribution in [3.8, 4) is 0 Å². The average Bonchev–Trinajstić information content (AvgIpc) is 3.19. The van der Waals surface area contributed by atoms with Crippen molar-refractivity contribution in [1.29, 1.82) is 0 Å². The molecule has 0 radical (unpaired) electrons. The minimum atomic E-state index is -0.388. The molecule has 0 bridgehead atoms. The molecular formula is C21H21N7O2. The van der Waals surface area contributed by atoms with Crippen molar-refractivity contribution >= 4 is 28.4 Å². The highest BCUT2D eigenvalue weighted by atomic mass is 16.6. The monoisotopic (exact) mass is 403 g/mol. The summed E-state index contributed by atoms with van der Waals surface area (Å²) in [7, 11) is 0. The minimum Gasteiger partial charge on any atom is -0.368 e. The highest BCUT2D eigenvalue weighted by Gasteiger charge is 2.15. The number of rotatable bonds is 8. The minimum absolute atomic E-state index is 0.0527. The lowest BCUT2D eigenvalue weighted by Gasteiger charge is -2.15. The lowest BCUT2D eigenvalue weighted by atomic mass is 10.1. The van der Waals surface area contributed by atoms with Crippen LogP contribution in [0, 0.1) is 10.1 Å². The van der Waals surface area contributed by atoms with Gasteiger partial charge in [0.1, 0.15) is 17.5 Å². The Hall–Kier alpha value is -4.01. The first-order chi connectivity index (χ1) is 14.6. The normalized spacial score (nSPS) is 11.9. The summed E-state index contributed by atoms with van der Waals surface area (Å²) in [6, 6.07) is 16.8. The number of benzene rings is 2. The van der Waals surface area contributed by atoms with E-state index in [1.807, 2.05) is 24.3 Å². The van der Waals surface area contributed by atoms with Crippen LogP contribution < -0.4 is 10.6 Å². The number of non-ortho nitro benzene ring substituents is 1.